The summed E-state index contributed by atoms with van der Waals surface area (Å²) in [7, 11) is 0. The molecule has 0 aromatic heterocycles. The van der Waals surface area contributed by atoms with E-state index < -0.39 is 0 Å². The molecule has 4 aliphatic heterocycles. The first-order valence-electron chi connectivity index (χ1n) is 8.40. The summed E-state index contributed by atoms with van der Waals surface area (Å²) in [6.45, 7) is 5.40. The van der Waals surface area contributed by atoms with Crippen LogP contribution < -0.4 is 5.32 Å². The van der Waals surface area contributed by atoms with Crippen molar-refractivity contribution in [3.63, 3.8) is 0 Å². The van der Waals surface area contributed by atoms with Gasteiger partial charge in [-0.25, -0.2) is 9.48 Å². The molecule has 3 fully saturated rings. The van der Waals surface area contributed by atoms with Crippen molar-refractivity contribution in [2.75, 3.05) is 32.7 Å². The minimum absolute atomic E-state index is 0.110. The molecular weight excluding hydrogens is 268 g/mol. The van der Waals surface area contributed by atoms with Gasteiger partial charge in [0.15, 0.2) is 6.17 Å². The zero-order valence-corrected chi connectivity index (χ0v) is 12.6. The maximum Gasteiger partial charge on any atom is 0.472 e. The number of hydroxylamine groups is 1. The summed E-state index contributed by atoms with van der Waals surface area (Å²) in [5, 5.41) is 13.8. The van der Waals surface area contributed by atoms with E-state index in [1.54, 1.807) is 5.17 Å². The third-order valence-corrected chi connectivity index (χ3v) is 4.85. The van der Waals surface area contributed by atoms with Crippen molar-refractivity contribution < 1.29 is 9.41 Å². The predicted molar refractivity (Wildman–Crippen MR) is 77.6 cm³/mol. The van der Waals surface area contributed by atoms with E-state index in [0.717, 1.165) is 45.2 Å². The van der Waals surface area contributed by atoms with E-state index in [1.807, 2.05) is 0 Å². The van der Waals surface area contributed by atoms with Crippen LogP contribution in [0.15, 0.2) is 10.3 Å². The lowest BCUT2D eigenvalue weighted by atomic mass is 10.1. The van der Waals surface area contributed by atoms with Crippen LogP contribution in [-0.4, -0.2) is 65.6 Å². The molecule has 4 rings (SSSR count). The van der Waals surface area contributed by atoms with Gasteiger partial charge in [-0.15, -0.1) is 0 Å². The molecule has 0 aromatic carbocycles. The number of fused-ring (bicyclic) bond motifs is 1. The van der Waals surface area contributed by atoms with Gasteiger partial charge < -0.3 is 0 Å². The summed E-state index contributed by atoms with van der Waals surface area (Å²) in [5.41, 5.74) is 0. The highest BCUT2D eigenvalue weighted by atomic mass is 16.7. The highest BCUT2D eigenvalue weighted by Gasteiger charge is 2.40. The molecule has 0 aliphatic carbocycles. The van der Waals surface area contributed by atoms with E-state index >= 15 is 0 Å². The second-order valence-electron chi connectivity index (χ2n) is 6.38. The Kier molecular flexibility index (Phi) is 3.67. The fourth-order valence-corrected chi connectivity index (χ4v) is 3.67. The predicted octanol–water partition coefficient (Wildman–Crippen LogP) is 0.937. The van der Waals surface area contributed by atoms with Gasteiger partial charge in [-0.2, -0.15) is 5.11 Å². The largest absolute Gasteiger partial charge is 0.472 e. The number of rotatable bonds is 1. The molecule has 7 heteroatoms. The number of hydrogen-bond acceptors (Lipinski definition) is 5. The number of nitrogens with one attached hydrogen (secondary N) is 1. The van der Waals surface area contributed by atoms with Crippen LogP contribution in [0.3, 0.4) is 0 Å². The molecule has 0 aromatic rings. The van der Waals surface area contributed by atoms with Crippen molar-refractivity contribution in [1.29, 1.82) is 0 Å². The van der Waals surface area contributed by atoms with Gasteiger partial charge in [0.1, 0.15) is 6.04 Å². The third kappa shape index (κ3) is 2.59. The average molecular weight is 293 g/mol. The van der Waals surface area contributed by atoms with Crippen LogP contribution in [0.1, 0.15) is 38.5 Å². The molecule has 0 radical (unpaired) electrons. The lowest BCUT2D eigenvalue weighted by Crippen LogP contribution is -2.52. The van der Waals surface area contributed by atoms with Crippen molar-refractivity contribution in [3.05, 3.63) is 0 Å². The molecule has 4 aliphatic rings. The Balaban J connectivity index is 1.52. The first-order chi connectivity index (χ1) is 10.4. The van der Waals surface area contributed by atoms with Crippen LogP contribution in [0.25, 0.3) is 0 Å². The van der Waals surface area contributed by atoms with Gasteiger partial charge in [-0.3, -0.25) is 10.2 Å². The third-order valence-electron chi connectivity index (χ3n) is 4.85. The van der Waals surface area contributed by atoms with Crippen LogP contribution in [0, 0.1) is 0 Å². The lowest BCUT2D eigenvalue weighted by Gasteiger charge is -2.29. The van der Waals surface area contributed by atoms with Crippen molar-refractivity contribution in [2.45, 2.75) is 50.7 Å². The molecule has 116 valence electrons. The Bertz CT molecular complexity index is 437. The maximum absolute atomic E-state index is 6.23. The van der Waals surface area contributed by atoms with Gasteiger partial charge in [-0.1, -0.05) is 5.17 Å². The van der Waals surface area contributed by atoms with Gasteiger partial charge >= 0.3 is 6.02 Å². The number of likely N-dealkylation sites (tertiary alicyclic amines) is 1. The summed E-state index contributed by atoms with van der Waals surface area (Å²) in [4.78, 5) is 8.60. The van der Waals surface area contributed by atoms with Crippen LogP contribution in [0.5, 0.6) is 0 Å². The number of hydrogen-bond donors (Lipinski definition) is 1. The van der Waals surface area contributed by atoms with E-state index in [-0.39, 0.29) is 12.2 Å². The Morgan fingerprint density at radius 1 is 1.10 bits per heavy atom. The van der Waals surface area contributed by atoms with Gasteiger partial charge in [-0.05, 0) is 50.3 Å². The van der Waals surface area contributed by atoms with Gasteiger partial charge in [0.05, 0.1) is 26.2 Å². The SMILES string of the molecule is C1CNC2C(C1)N=NN2OC(N1CCCC1)=[N+]1CCCC1. The van der Waals surface area contributed by atoms with E-state index in [1.165, 1.54) is 32.1 Å². The topological polar surface area (TPSA) is 55.5 Å². The van der Waals surface area contributed by atoms with E-state index in [4.69, 9.17) is 4.84 Å². The summed E-state index contributed by atoms with van der Waals surface area (Å²) >= 11 is 0. The first kappa shape index (κ1) is 13.3. The molecule has 0 bridgehead atoms. The molecular formula is C14H25N6O+. The van der Waals surface area contributed by atoms with Crippen LogP contribution >= 0.6 is 0 Å². The molecule has 3 saturated heterocycles. The fraction of sp³-hybridized carbons (Fsp3) is 0.929. The van der Waals surface area contributed by atoms with E-state index in [2.05, 4.69) is 25.1 Å². The van der Waals surface area contributed by atoms with Gasteiger partial charge in [0.25, 0.3) is 0 Å². The Morgan fingerprint density at radius 2 is 1.90 bits per heavy atom. The Morgan fingerprint density at radius 3 is 2.71 bits per heavy atom. The summed E-state index contributed by atoms with van der Waals surface area (Å²) in [6.07, 6.45) is 7.41. The quantitative estimate of drug-likeness (QED) is 0.577. The van der Waals surface area contributed by atoms with E-state index in [0.29, 0.717) is 0 Å². The minimum Gasteiger partial charge on any atom is -0.291 e. The molecule has 2 atom stereocenters. The average Bonchev–Trinajstić information content (AvgIpc) is 3.26. The molecule has 21 heavy (non-hydrogen) atoms. The molecule has 1 N–H and O–H groups in total. The Labute approximate surface area is 125 Å². The zero-order chi connectivity index (χ0) is 14.1. The molecule has 0 spiro atoms. The van der Waals surface area contributed by atoms with Crippen LogP contribution in [-0.2, 0) is 4.84 Å². The Hall–Kier alpha value is -1.37. The summed E-state index contributed by atoms with van der Waals surface area (Å²) in [6, 6.07) is 1.24. The number of nitrogens with zero attached hydrogens (tertiary/aromatic N) is 5. The molecule has 0 saturated carbocycles. The molecule has 7 nitrogen and oxygen atoms in total. The van der Waals surface area contributed by atoms with Gasteiger partial charge in [0, 0.05) is 0 Å². The van der Waals surface area contributed by atoms with E-state index in [9.17, 15) is 0 Å². The standard InChI is InChI=1S/C14H25N6O/c1-2-9-18(8-1)14(19-10-3-4-11-19)21-20-13-12(16-17-20)6-5-7-15-13/h12-13,15H,1-11H2/q+1. The summed E-state index contributed by atoms with van der Waals surface area (Å²) < 4.78 is 2.37. The van der Waals surface area contributed by atoms with Crippen molar-refractivity contribution in [2.24, 2.45) is 10.3 Å². The maximum atomic E-state index is 6.23. The fourth-order valence-electron chi connectivity index (χ4n) is 3.67. The molecule has 0 amide bonds. The highest BCUT2D eigenvalue weighted by Crippen LogP contribution is 2.24. The molecule has 2 unspecified atom stereocenters. The smallest absolute Gasteiger partial charge is 0.291 e. The minimum atomic E-state index is 0.110. The van der Waals surface area contributed by atoms with Crippen molar-refractivity contribution in [3.8, 4) is 0 Å². The normalized spacial score (nSPS) is 31.9. The highest BCUT2D eigenvalue weighted by molar-refractivity contribution is 5.68. The zero-order valence-electron chi connectivity index (χ0n) is 12.6. The summed E-state index contributed by atoms with van der Waals surface area (Å²) in [5.74, 6) is 0. The number of amidine groups is 1. The lowest BCUT2D eigenvalue weighted by molar-refractivity contribution is -0.526. The van der Waals surface area contributed by atoms with Crippen molar-refractivity contribution in [1.82, 2.24) is 15.4 Å². The second kappa shape index (κ2) is 5.79. The van der Waals surface area contributed by atoms with Gasteiger partial charge in [0.2, 0.25) is 0 Å². The van der Waals surface area contributed by atoms with Crippen LogP contribution in [0.4, 0.5) is 0 Å². The number of piperidine rings is 1. The second-order valence-corrected chi connectivity index (χ2v) is 6.38. The monoisotopic (exact) mass is 293 g/mol. The molecule has 4 heterocycles. The van der Waals surface area contributed by atoms with Crippen molar-refractivity contribution >= 4 is 6.02 Å². The first-order valence-corrected chi connectivity index (χ1v) is 8.40. The van der Waals surface area contributed by atoms with Crippen LogP contribution in [0.2, 0.25) is 0 Å².